The fourth-order valence-corrected chi connectivity index (χ4v) is 3.60. The van der Waals surface area contributed by atoms with E-state index in [9.17, 15) is 13.6 Å². The predicted molar refractivity (Wildman–Crippen MR) is 106 cm³/mol. The smallest absolute Gasteiger partial charge is 0.196 e. The first kappa shape index (κ1) is 18.9. The number of hydrogen-bond donors (Lipinski definition) is 0. The topological polar surface area (TPSA) is 60.7 Å². The average molecular weight is 408 g/mol. The van der Waals surface area contributed by atoms with Crippen molar-refractivity contribution in [1.82, 2.24) is 19.7 Å². The SMILES string of the molecule is O=C(CSc1nnc(-c2ccncc2)n1-c1ccc(F)cc1)c1ccccc1F. The number of carbonyl (C=O) groups excluding carboxylic acids is 1. The fraction of sp³-hybridized carbons (Fsp3) is 0.0476. The van der Waals surface area contributed by atoms with Crippen LogP contribution < -0.4 is 0 Å². The number of hydrogen-bond acceptors (Lipinski definition) is 5. The van der Waals surface area contributed by atoms with Crippen molar-refractivity contribution in [3.8, 4) is 17.1 Å². The summed E-state index contributed by atoms with van der Waals surface area (Å²) in [5.74, 6) is -0.768. The summed E-state index contributed by atoms with van der Waals surface area (Å²) in [5.41, 5.74) is 1.44. The zero-order valence-corrected chi connectivity index (χ0v) is 15.8. The zero-order chi connectivity index (χ0) is 20.2. The average Bonchev–Trinajstić information content (AvgIpc) is 3.17. The van der Waals surface area contributed by atoms with Gasteiger partial charge < -0.3 is 0 Å². The van der Waals surface area contributed by atoms with Crippen LogP contribution in [0.15, 0.2) is 78.2 Å². The summed E-state index contributed by atoms with van der Waals surface area (Å²) in [6.45, 7) is 0. The van der Waals surface area contributed by atoms with Crippen molar-refractivity contribution in [3.05, 3.63) is 90.3 Å². The van der Waals surface area contributed by atoms with Gasteiger partial charge in [0.2, 0.25) is 0 Å². The number of carbonyl (C=O) groups is 1. The zero-order valence-electron chi connectivity index (χ0n) is 15.0. The molecule has 8 heteroatoms. The molecule has 0 saturated carbocycles. The predicted octanol–water partition coefficient (Wildman–Crippen LogP) is 4.58. The number of thioether (sulfide) groups is 1. The van der Waals surface area contributed by atoms with Crippen molar-refractivity contribution >= 4 is 17.5 Å². The highest BCUT2D eigenvalue weighted by molar-refractivity contribution is 7.99. The second kappa shape index (κ2) is 8.32. The van der Waals surface area contributed by atoms with Crippen molar-refractivity contribution in [2.24, 2.45) is 0 Å². The first-order valence-corrected chi connectivity index (χ1v) is 9.64. The molecule has 0 radical (unpaired) electrons. The number of Topliss-reactive ketones (excluding diaryl/α,β-unsaturated/α-hetero) is 1. The van der Waals surface area contributed by atoms with E-state index in [1.807, 2.05) is 0 Å². The molecule has 2 aromatic carbocycles. The second-order valence-corrected chi connectivity index (χ2v) is 6.99. The van der Waals surface area contributed by atoms with Gasteiger partial charge in [-0.25, -0.2) is 8.78 Å². The maximum atomic E-state index is 13.9. The maximum absolute atomic E-state index is 13.9. The van der Waals surface area contributed by atoms with Gasteiger partial charge in [0, 0.05) is 23.6 Å². The van der Waals surface area contributed by atoms with E-state index in [2.05, 4.69) is 15.2 Å². The van der Waals surface area contributed by atoms with Crippen LogP contribution in [0.3, 0.4) is 0 Å². The molecule has 5 nitrogen and oxygen atoms in total. The Hall–Kier alpha value is -3.39. The summed E-state index contributed by atoms with van der Waals surface area (Å²) in [6.07, 6.45) is 3.26. The van der Waals surface area contributed by atoms with Gasteiger partial charge in [-0.2, -0.15) is 0 Å². The van der Waals surface area contributed by atoms with Gasteiger partial charge in [-0.15, -0.1) is 10.2 Å². The van der Waals surface area contributed by atoms with E-state index in [0.29, 0.717) is 16.7 Å². The van der Waals surface area contributed by atoms with Gasteiger partial charge in [0.15, 0.2) is 16.8 Å². The van der Waals surface area contributed by atoms with Gasteiger partial charge in [-0.05, 0) is 48.5 Å². The van der Waals surface area contributed by atoms with E-state index in [-0.39, 0.29) is 22.9 Å². The largest absolute Gasteiger partial charge is 0.293 e. The normalized spacial score (nSPS) is 10.8. The number of nitrogens with zero attached hydrogens (tertiary/aromatic N) is 4. The van der Waals surface area contributed by atoms with Crippen molar-refractivity contribution in [2.45, 2.75) is 5.16 Å². The highest BCUT2D eigenvalue weighted by Gasteiger charge is 2.19. The van der Waals surface area contributed by atoms with Crippen LogP contribution in [0.25, 0.3) is 17.1 Å². The molecule has 0 aliphatic heterocycles. The summed E-state index contributed by atoms with van der Waals surface area (Å²) in [5, 5.41) is 8.87. The van der Waals surface area contributed by atoms with Crippen LogP contribution in [-0.4, -0.2) is 31.3 Å². The number of benzene rings is 2. The molecule has 0 bridgehead atoms. The molecule has 2 heterocycles. The van der Waals surface area contributed by atoms with E-state index in [4.69, 9.17) is 0 Å². The third-order valence-electron chi connectivity index (χ3n) is 4.16. The van der Waals surface area contributed by atoms with Crippen LogP contribution in [0, 0.1) is 11.6 Å². The minimum Gasteiger partial charge on any atom is -0.293 e. The van der Waals surface area contributed by atoms with E-state index < -0.39 is 5.82 Å². The Bertz CT molecular complexity index is 1150. The molecule has 0 fully saturated rings. The molecule has 0 amide bonds. The molecular weight excluding hydrogens is 394 g/mol. The molecule has 2 aromatic heterocycles. The van der Waals surface area contributed by atoms with Gasteiger partial charge in [0.05, 0.1) is 11.3 Å². The minimum absolute atomic E-state index is 0.0173. The van der Waals surface area contributed by atoms with Gasteiger partial charge in [-0.1, -0.05) is 23.9 Å². The van der Waals surface area contributed by atoms with Gasteiger partial charge in [0.1, 0.15) is 11.6 Å². The number of halogens is 2. The van der Waals surface area contributed by atoms with Crippen molar-refractivity contribution in [3.63, 3.8) is 0 Å². The van der Waals surface area contributed by atoms with Crippen molar-refractivity contribution in [2.75, 3.05) is 5.75 Å². The van der Waals surface area contributed by atoms with E-state index in [0.717, 1.165) is 17.3 Å². The minimum atomic E-state index is -0.560. The van der Waals surface area contributed by atoms with Gasteiger partial charge in [-0.3, -0.25) is 14.3 Å². The third kappa shape index (κ3) is 4.07. The summed E-state index contributed by atoms with van der Waals surface area (Å²) >= 11 is 1.14. The standard InChI is InChI=1S/C21H14F2N4OS/c22-15-5-7-16(8-6-15)27-20(14-9-11-24-12-10-14)25-26-21(27)29-13-19(28)17-3-1-2-4-18(17)23/h1-12H,13H2. The van der Waals surface area contributed by atoms with Crippen LogP contribution in [0.4, 0.5) is 8.78 Å². The highest BCUT2D eigenvalue weighted by Crippen LogP contribution is 2.28. The first-order chi connectivity index (χ1) is 14.1. The van der Waals surface area contributed by atoms with Crippen molar-refractivity contribution in [1.29, 1.82) is 0 Å². The molecule has 0 atom stereocenters. The van der Waals surface area contributed by atoms with Crippen LogP contribution in [-0.2, 0) is 0 Å². The number of rotatable bonds is 6. The molecule has 0 unspecified atom stereocenters. The quantitative estimate of drug-likeness (QED) is 0.345. The van der Waals surface area contributed by atoms with E-state index >= 15 is 0 Å². The number of ketones is 1. The number of aromatic nitrogens is 4. The lowest BCUT2D eigenvalue weighted by atomic mass is 10.1. The molecule has 0 aliphatic carbocycles. The third-order valence-corrected chi connectivity index (χ3v) is 5.09. The maximum Gasteiger partial charge on any atom is 0.196 e. The van der Waals surface area contributed by atoms with E-state index in [1.54, 1.807) is 47.3 Å². The number of pyridine rings is 1. The van der Waals surface area contributed by atoms with Crippen molar-refractivity contribution < 1.29 is 13.6 Å². The van der Waals surface area contributed by atoms with Crippen LogP contribution in [0.1, 0.15) is 10.4 Å². The second-order valence-electron chi connectivity index (χ2n) is 6.05. The Balaban J connectivity index is 1.68. The Labute approximate surface area is 169 Å². The molecule has 0 spiro atoms. The Kier molecular flexibility index (Phi) is 5.44. The fourth-order valence-electron chi connectivity index (χ4n) is 2.77. The summed E-state index contributed by atoms with van der Waals surface area (Å²) in [7, 11) is 0. The Morgan fingerprint density at radius 3 is 2.38 bits per heavy atom. The molecule has 144 valence electrons. The monoisotopic (exact) mass is 408 g/mol. The molecule has 4 aromatic rings. The highest BCUT2D eigenvalue weighted by atomic mass is 32.2. The summed E-state index contributed by atoms with van der Waals surface area (Å²) < 4.78 is 29.0. The van der Waals surface area contributed by atoms with E-state index in [1.165, 1.54) is 30.3 Å². The molecular formula is C21H14F2N4OS. The molecule has 0 aliphatic rings. The van der Waals surface area contributed by atoms with Gasteiger partial charge in [0.25, 0.3) is 0 Å². The molecule has 29 heavy (non-hydrogen) atoms. The summed E-state index contributed by atoms with van der Waals surface area (Å²) in [4.78, 5) is 16.4. The Morgan fingerprint density at radius 1 is 0.931 bits per heavy atom. The molecule has 0 N–H and O–H groups in total. The first-order valence-electron chi connectivity index (χ1n) is 8.66. The summed E-state index contributed by atoms with van der Waals surface area (Å²) in [6, 6.07) is 15.3. The van der Waals surface area contributed by atoms with Gasteiger partial charge >= 0.3 is 0 Å². The Morgan fingerprint density at radius 2 is 1.66 bits per heavy atom. The lowest BCUT2D eigenvalue weighted by molar-refractivity contribution is 0.101. The lowest BCUT2D eigenvalue weighted by Gasteiger charge is -2.10. The molecule has 4 rings (SSSR count). The lowest BCUT2D eigenvalue weighted by Crippen LogP contribution is -2.07. The van der Waals surface area contributed by atoms with Crippen LogP contribution in [0.5, 0.6) is 0 Å². The van der Waals surface area contributed by atoms with Crippen LogP contribution >= 0.6 is 11.8 Å². The van der Waals surface area contributed by atoms with Crippen LogP contribution in [0.2, 0.25) is 0 Å². The molecule has 0 saturated heterocycles.